The molecule has 26 heavy (non-hydrogen) atoms. The molecule has 2 heterocycles. The number of aromatic nitrogens is 2. The first-order chi connectivity index (χ1) is 12.6. The number of aromatic hydroxyl groups is 1. The highest BCUT2D eigenvalue weighted by Crippen LogP contribution is 2.31. The van der Waals surface area contributed by atoms with Crippen LogP contribution < -0.4 is 16.6 Å². The molecule has 0 amide bonds. The standard InChI is InChI=1S/C19H16FN3O3/c20-12-5-7-13(8-6-12)23-18(25)15(17(24)22-19(23)26)16-14-4-2-1-3-11(14)9-10-21-16/h1-8,16,21,25H,9-10H2,(H,22,24,26)/t16-/m0/s1. The molecule has 1 aliphatic heterocycles. The molecule has 7 heteroatoms. The number of hydrogen-bond acceptors (Lipinski definition) is 4. The van der Waals surface area contributed by atoms with Gasteiger partial charge in [-0.05, 0) is 41.8 Å². The largest absolute Gasteiger partial charge is 0.494 e. The van der Waals surface area contributed by atoms with Crippen LogP contribution in [0.1, 0.15) is 22.7 Å². The first-order valence-electron chi connectivity index (χ1n) is 8.21. The Bertz CT molecular complexity index is 1090. The van der Waals surface area contributed by atoms with Crippen LogP contribution in [0.3, 0.4) is 0 Å². The van der Waals surface area contributed by atoms with Gasteiger partial charge in [0.05, 0.1) is 17.3 Å². The van der Waals surface area contributed by atoms with Gasteiger partial charge in [0.2, 0.25) is 5.88 Å². The lowest BCUT2D eigenvalue weighted by molar-refractivity contribution is 0.410. The molecule has 3 aromatic rings. The Hall–Kier alpha value is -3.19. The average Bonchev–Trinajstić information content (AvgIpc) is 2.63. The van der Waals surface area contributed by atoms with Crippen LogP contribution in [0.15, 0.2) is 58.1 Å². The molecule has 132 valence electrons. The lowest BCUT2D eigenvalue weighted by Crippen LogP contribution is -2.38. The number of fused-ring (bicyclic) bond motifs is 1. The van der Waals surface area contributed by atoms with Gasteiger partial charge in [0.15, 0.2) is 0 Å². The highest BCUT2D eigenvalue weighted by molar-refractivity contribution is 5.45. The van der Waals surface area contributed by atoms with Crippen molar-refractivity contribution < 1.29 is 9.50 Å². The minimum atomic E-state index is -0.785. The molecule has 1 atom stereocenters. The summed E-state index contributed by atoms with van der Waals surface area (Å²) in [6, 6.07) is 12.2. The Morgan fingerprint density at radius 2 is 1.81 bits per heavy atom. The van der Waals surface area contributed by atoms with Crippen molar-refractivity contribution in [1.29, 1.82) is 0 Å². The van der Waals surface area contributed by atoms with Crippen molar-refractivity contribution in [2.24, 2.45) is 0 Å². The summed E-state index contributed by atoms with van der Waals surface area (Å²) in [6.07, 6.45) is 0.808. The van der Waals surface area contributed by atoms with E-state index in [9.17, 15) is 19.1 Å². The molecule has 3 N–H and O–H groups in total. The molecule has 4 rings (SSSR count). The Morgan fingerprint density at radius 1 is 1.08 bits per heavy atom. The fourth-order valence-corrected chi connectivity index (χ4v) is 3.39. The van der Waals surface area contributed by atoms with Gasteiger partial charge in [-0.3, -0.25) is 9.78 Å². The summed E-state index contributed by atoms with van der Waals surface area (Å²) >= 11 is 0. The average molecular weight is 353 g/mol. The first kappa shape index (κ1) is 16.3. The number of nitrogens with zero attached hydrogens (tertiary/aromatic N) is 1. The zero-order chi connectivity index (χ0) is 18.3. The number of aromatic amines is 1. The quantitative estimate of drug-likeness (QED) is 0.653. The Morgan fingerprint density at radius 3 is 2.58 bits per heavy atom. The van der Waals surface area contributed by atoms with Gasteiger partial charge >= 0.3 is 5.69 Å². The minimum absolute atomic E-state index is 0.0566. The van der Waals surface area contributed by atoms with E-state index in [1.165, 1.54) is 24.3 Å². The lowest BCUT2D eigenvalue weighted by atomic mass is 9.90. The molecule has 0 saturated heterocycles. The summed E-state index contributed by atoms with van der Waals surface area (Å²) < 4.78 is 14.2. The minimum Gasteiger partial charge on any atom is -0.494 e. The lowest BCUT2D eigenvalue weighted by Gasteiger charge is -2.27. The number of H-pyrrole nitrogens is 1. The summed E-state index contributed by atoms with van der Waals surface area (Å²) in [5, 5.41) is 14.0. The highest BCUT2D eigenvalue weighted by Gasteiger charge is 2.28. The second-order valence-corrected chi connectivity index (χ2v) is 6.14. The van der Waals surface area contributed by atoms with Gasteiger partial charge in [0.1, 0.15) is 5.82 Å². The Kier molecular flexibility index (Phi) is 3.93. The highest BCUT2D eigenvalue weighted by atomic mass is 19.1. The first-order valence-corrected chi connectivity index (χ1v) is 8.21. The fraction of sp³-hybridized carbons (Fsp3) is 0.158. The third-order valence-electron chi connectivity index (χ3n) is 4.60. The second-order valence-electron chi connectivity index (χ2n) is 6.14. The van der Waals surface area contributed by atoms with E-state index in [-0.39, 0.29) is 11.3 Å². The van der Waals surface area contributed by atoms with E-state index in [4.69, 9.17) is 0 Å². The van der Waals surface area contributed by atoms with Crippen LogP contribution in [-0.4, -0.2) is 21.2 Å². The van der Waals surface area contributed by atoms with E-state index in [0.717, 1.165) is 22.1 Å². The normalized spacial score (nSPS) is 16.3. The van der Waals surface area contributed by atoms with Gasteiger partial charge < -0.3 is 10.4 Å². The number of rotatable bonds is 2. The van der Waals surface area contributed by atoms with Gasteiger partial charge in [-0.15, -0.1) is 0 Å². The van der Waals surface area contributed by atoms with E-state index in [0.29, 0.717) is 6.54 Å². The van der Waals surface area contributed by atoms with Crippen molar-refractivity contribution >= 4 is 0 Å². The molecular weight excluding hydrogens is 337 g/mol. The number of nitrogens with one attached hydrogen (secondary N) is 2. The molecule has 0 fully saturated rings. The third-order valence-corrected chi connectivity index (χ3v) is 4.60. The summed E-state index contributed by atoms with van der Waals surface area (Å²) in [5.41, 5.74) is 0.835. The molecule has 1 aromatic heterocycles. The molecule has 0 spiro atoms. The SMILES string of the molecule is O=c1[nH]c(=O)n(-c2ccc(F)cc2)c(O)c1[C@H]1NCCc2ccccc21. The summed E-state index contributed by atoms with van der Waals surface area (Å²) in [5.74, 6) is -0.923. The third kappa shape index (κ3) is 2.62. The monoisotopic (exact) mass is 353 g/mol. The van der Waals surface area contributed by atoms with Crippen molar-refractivity contribution in [1.82, 2.24) is 14.9 Å². The molecule has 0 bridgehead atoms. The van der Waals surface area contributed by atoms with Crippen LogP contribution in [-0.2, 0) is 6.42 Å². The molecule has 0 aliphatic carbocycles. The van der Waals surface area contributed by atoms with Crippen LogP contribution in [0.5, 0.6) is 5.88 Å². The predicted molar refractivity (Wildman–Crippen MR) is 94.3 cm³/mol. The van der Waals surface area contributed by atoms with Crippen molar-refractivity contribution in [3.8, 4) is 11.6 Å². The van der Waals surface area contributed by atoms with Crippen LogP contribution in [0.4, 0.5) is 4.39 Å². The van der Waals surface area contributed by atoms with E-state index < -0.39 is 29.0 Å². The van der Waals surface area contributed by atoms with Gasteiger partial charge in [0.25, 0.3) is 5.56 Å². The van der Waals surface area contributed by atoms with E-state index in [1.807, 2.05) is 24.3 Å². The molecular formula is C19H16FN3O3. The molecule has 0 radical (unpaired) electrons. The second kappa shape index (κ2) is 6.27. The number of halogens is 1. The summed E-state index contributed by atoms with van der Waals surface area (Å²) in [4.78, 5) is 27.0. The molecule has 2 aromatic carbocycles. The van der Waals surface area contributed by atoms with Crippen molar-refractivity contribution in [2.75, 3.05) is 6.54 Å². The van der Waals surface area contributed by atoms with Crippen LogP contribution in [0, 0.1) is 5.82 Å². The fourth-order valence-electron chi connectivity index (χ4n) is 3.39. The maximum absolute atomic E-state index is 13.2. The van der Waals surface area contributed by atoms with Gasteiger partial charge in [-0.1, -0.05) is 24.3 Å². The van der Waals surface area contributed by atoms with Crippen molar-refractivity contribution in [3.63, 3.8) is 0 Å². The molecule has 0 unspecified atom stereocenters. The summed E-state index contributed by atoms with van der Waals surface area (Å²) in [6.45, 7) is 0.635. The predicted octanol–water partition coefficient (Wildman–Crippen LogP) is 1.61. The number of hydrogen-bond donors (Lipinski definition) is 3. The topological polar surface area (TPSA) is 87.1 Å². The van der Waals surface area contributed by atoms with Gasteiger partial charge in [0, 0.05) is 6.54 Å². The summed E-state index contributed by atoms with van der Waals surface area (Å²) in [7, 11) is 0. The van der Waals surface area contributed by atoms with E-state index in [2.05, 4.69) is 10.3 Å². The number of benzene rings is 2. The smallest absolute Gasteiger partial charge is 0.335 e. The Balaban J connectivity index is 1.94. The molecule has 1 aliphatic rings. The maximum atomic E-state index is 13.2. The zero-order valence-electron chi connectivity index (χ0n) is 13.7. The van der Waals surface area contributed by atoms with E-state index in [1.54, 1.807) is 0 Å². The van der Waals surface area contributed by atoms with Crippen LogP contribution >= 0.6 is 0 Å². The molecule has 0 saturated carbocycles. The Labute approximate surface area is 147 Å². The van der Waals surface area contributed by atoms with Crippen molar-refractivity contribution in [3.05, 3.63) is 91.9 Å². The maximum Gasteiger partial charge on any atom is 0.335 e. The zero-order valence-corrected chi connectivity index (χ0v) is 13.7. The van der Waals surface area contributed by atoms with Crippen molar-refractivity contribution in [2.45, 2.75) is 12.5 Å². The van der Waals surface area contributed by atoms with Crippen LogP contribution in [0.2, 0.25) is 0 Å². The van der Waals surface area contributed by atoms with Crippen LogP contribution in [0.25, 0.3) is 5.69 Å². The van der Waals surface area contributed by atoms with Gasteiger partial charge in [-0.25, -0.2) is 13.8 Å². The van der Waals surface area contributed by atoms with Gasteiger partial charge in [-0.2, -0.15) is 0 Å². The molecule has 6 nitrogen and oxygen atoms in total. The van der Waals surface area contributed by atoms with E-state index >= 15 is 0 Å².